The minimum atomic E-state index is -2.80. The highest BCUT2D eigenvalue weighted by atomic mass is 32.2. The second-order valence-electron chi connectivity index (χ2n) is 7.85. The number of aromatic nitrogens is 2. The number of fused-ring (bicyclic) bond motifs is 1. The van der Waals surface area contributed by atoms with Crippen molar-refractivity contribution in [3.05, 3.63) is 47.4 Å². The fourth-order valence-electron chi connectivity index (χ4n) is 3.95. The summed E-state index contributed by atoms with van der Waals surface area (Å²) in [5.41, 5.74) is 1.02. The van der Waals surface area contributed by atoms with Crippen molar-refractivity contribution in [2.75, 3.05) is 11.5 Å². The van der Waals surface area contributed by atoms with Crippen LogP contribution in [0.2, 0.25) is 0 Å². The third kappa shape index (κ3) is 3.69. The molecule has 2 saturated heterocycles. The number of carbonyl (C=O) groups excluding carboxylic acids is 3. The van der Waals surface area contributed by atoms with Gasteiger partial charge in [0.15, 0.2) is 4.96 Å². The molecule has 9 nitrogen and oxygen atoms in total. The van der Waals surface area contributed by atoms with Crippen LogP contribution in [-0.2, 0) is 25.7 Å². The molecular formula is C20H18FN5O4S2. The lowest BCUT2D eigenvalue weighted by Gasteiger charge is -2.31. The Balaban J connectivity index is 1.32. The summed E-state index contributed by atoms with van der Waals surface area (Å²) in [6, 6.07) is 5.43. The maximum absolute atomic E-state index is 13.2. The number of imide groups is 1. The van der Waals surface area contributed by atoms with Gasteiger partial charge >= 0.3 is 6.03 Å². The van der Waals surface area contributed by atoms with Crippen LogP contribution in [0, 0.1) is 5.82 Å². The number of nitrogens with zero attached hydrogens (tertiary/aromatic N) is 3. The molecule has 2 aliphatic rings. The van der Waals surface area contributed by atoms with Crippen molar-refractivity contribution in [1.29, 1.82) is 0 Å². The standard InChI is InChI=1S/C20H18FN5O4S2/c21-13-3-1-12(2-4-13)15-10-26-14(11-31-19(26)22-15)9-16(27)25-32(30)7-5-20(6-8-32)17(28)23-18(29)24-20/h1-4,10-11H,5-9H2,(H2,23,24,28,29). The smallest absolute Gasteiger partial charge is 0.322 e. The molecule has 0 saturated carbocycles. The average molecular weight is 476 g/mol. The summed E-state index contributed by atoms with van der Waals surface area (Å²) in [5.74, 6) is -1.15. The minimum absolute atomic E-state index is 0.0431. The summed E-state index contributed by atoms with van der Waals surface area (Å²) < 4.78 is 32.0. The average Bonchev–Trinajstić information content (AvgIpc) is 3.40. The number of benzene rings is 1. The van der Waals surface area contributed by atoms with Crippen molar-refractivity contribution < 1.29 is 23.0 Å². The summed E-state index contributed by atoms with van der Waals surface area (Å²) >= 11 is 1.36. The van der Waals surface area contributed by atoms with Crippen molar-refractivity contribution in [3.63, 3.8) is 0 Å². The lowest BCUT2D eigenvalue weighted by molar-refractivity contribution is -0.124. The van der Waals surface area contributed by atoms with E-state index in [0.717, 1.165) is 5.56 Å². The molecule has 1 spiro atoms. The van der Waals surface area contributed by atoms with Crippen LogP contribution in [0.5, 0.6) is 0 Å². The zero-order valence-electron chi connectivity index (χ0n) is 16.7. The molecule has 2 aliphatic heterocycles. The highest BCUT2D eigenvalue weighted by Crippen LogP contribution is 2.28. The van der Waals surface area contributed by atoms with Crippen molar-refractivity contribution >= 4 is 43.9 Å². The first-order valence-electron chi connectivity index (χ1n) is 9.86. The predicted octanol–water partition coefficient (Wildman–Crippen LogP) is 2.11. The number of thiazole rings is 1. The summed E-state index contributed by atoms with van der Waals surface area (Å²) in [6.45, 7) is 0. The first-order chi connectivity index (χ1) is 15.3. The third-order valence-electron chi connectivity index (χ3n) is 5.73. The van der Waals surface area contributed by atoms with E-state index in [-0.39, 0.29) is 36.6 Å². The molecule has 32 heavy (non-hydrogen) atoms. The number of urea groups is 1. The van der Waals surface area contributed by atoms with Crippen molar-refractivity contribution in [2.24, 2.45) is 4.36 Å². The summed E-state index contributed by atoms with van der Waals surface area (Å²) in [5, 5.41) is 6.60. The first kappa shape index (κ1) is 20.8. The van der Waals surface area contributed by atoms with Gasteiger partial charge in [-0.05, 0) is 37.1 Å². The fraction of sp³-hybridized carbons (Fsp3) is 0.300. The van der Waals surface area contributed by atoms with Crippen LogP contribution in [0.3, 0.4) is 0 Å². The van der Waals surface area contributed by atoms with E-state index in [2.05, 4.69) is 20.0 Å². The molecule has 2 N–H and O–H groups in total. The first-order valence-corrected chi connectivity index (χ1v) is 12.6. The quantitative estimate of drug-likeness (QED) is 0.562. The summed E-state index contributed by atoms with van der Waals surface area (Å²) in [6.07, 6.45) is 2.07. The Morgan fingerprint density at radius 1 is 1.25 bits per heavy atom. The van der Waals surface area contributed by atoms with Crippen LogP contribution in [0.1, 0.15) is 18.5 Å². The molecule has 2 aromatic heterocycles. The molecule has 4 amide bonds. The largest absolute Gasteiger partial charge is 0.323 e. The molecule has 2 fully saturated rings. The second kappa shape index (κ2) is 7.48. The highest BCUT2D eigenvalue weighted by molar-refractivity contribution is 7.93. The van der Waals surface area contributed by atoms with E-state index in [9.17, 15) is 23.0 Å². The van der Waals surface area contributed by atoms with Crippen LogP contribution in [0.4, 0.5) is 9.18 Å². The topological polar surface area (TPSA) is 122 Å². The van der Waals surface area contributed by atoms with E-state index in [0.29, 0.717) is 16.3 Å². The van der Waals surface area contributed by atoms with Gasteiger partial charge < -0.3 is 5.32 Å². The van der Waals surface area contributed by atoms with Gasteiger partial charge in [-0.1, -0.05) is 0 Å². The van der Waals surface area contributed by atoms with Gasteiger partial charge in [0, 0.05) is 34.3 Å². The number of rotatable bonds is 3. The Labute approximate surface area is 186 Å². The Bertz CT molecular complexity index is 1370. The van der Waals surface area contributed by atoms with Crippen LogP contribution in [0.15, 0.2) is 40.2 Å². The number of amides is 4. The Kier molecular flexibility index (Phi) is 4.86. The van der Waals surface area contributed by atoms with Crippen LogP contribution < -0.4 is 10.6 Å². The molecule has 5 rings (SSSR count). The SMILES string of the molecule is O=C(Cc1csc2nc(-c3ccc(F)cc3)cn12)N=S1(=O)CCC2(CC1)NC(=O)NC2=O. The van der Waals surface area contributed by atoms with Crippen molar-refractivity contribution in [1.82, 2.24) is 20.0 Å². The predicted molar refractivity (Wildman–Crippen MR) is 116 cm³/mol. The molecule has 3 aromatic rings. The lowest BCUT2D eigenvalue weighted by atomic mass is 9.93. The second-order valence-corrected chi connectivity index (χ2v) is 11.2. The van der Waals surface area contributed by atoms with Gasteiger partial charge in [-0.15, -0.1) is 11.3 Å². The number of hydrogen-bond donors (Lipinski definition) is 2. The van der Waals surface area contributed by atoms with Crippen LogP contribution in [0.25, 0.3) is 16.2 Å². The van der Waals surface area contributed by atoms with Crippen molar-refractivity contribution in [2.45, 2.75) is 24.8 Å². The van der Waals surface area contributed by atoms with Crippen LogP contribution >= 0.6 is 11.3 Å². The van der Waals surface area contributed by atoms with Gasteiger partial charge in [0.25, 0.3) is 11.8 Å². The molecule has 0 atom stereocenters. The van der Waals surface area contributed by atoms with Gasteiger partial charge in [-0.25, -0.2) is 18.4 Å². The van der Waals surface area contributed by atoms with Gasteiger partial charge in [0.05, 0.1) is 21.8 Å². The van der Waals surface area contributed by atoms with Gasteiger partial charge in [0.2, 0.25) is 0 Å². The zero-order valence-corrected chi connectivity index (χ0v) is 18.3. The molecule has 12 heteroatoms. The fourth-order valence-corrected chi connectivity index (χ4v) is 6.99. The number of hydrogen-bond acceptors (Lipinski definition) is 6. The maximum Gasteiger partial charge on any atom is 0.322 e. The van der Waals surface area contributed by atoms with E-state index < -0.39 is 33.1 Å². The van der Waals surface area contributed by atoms with E-state index in [1.54, 1.807) is 28.1 Å². The summed E-state index contributed by atoms with van der Waals surface area (Å²) in [7, 11) is -2.80. The van der Waals surface area contributed by atoms with E-state index in [1.165, 1.54) is 23.5 Å². The van der Waals surface area contributed by atoms with Gasteiger partial charge in [-0.3, -0.25) is 19.3 Å². The molecule has 166 valence electrons. The van der Waals surface area contributed by atoms with Crippen LogP contribution in [-0.4, -0.2) is 48.5 Å². The van der Waals surface area contributed by atoms with Gasteiger partial charge in [-0.2, -0.15) is 4.36 Å². The number of halogens is 1. The Hall–Kier alpha value is -3.12. The molecule has 0 radical (unpaired) electrons. The van der Waals surface area contributed by atoms with E-state index in [1.807, 2.05) is 0 Å². The van der Waals surface area contributed by atoms with E-state index >= 15 is 0 Å². The lowest BCUT2D eigenvalue weighted by Crippen LogP contribution is -2.52. The third-order valence-corrected chi connectivity index (χ3v) is 8.84. The highest BCUT2D eigenvalue weighted by Gasteiger charge is 2.48. The molecule has 0 aliphatic carbocycles. The molecule has 0 bridgehead atoms. The van der Waals surface area contributed by atoms with Crippen molar-refractivity contribution in [3.8, 4) is 11.3 Å². The normalized spacial score (nSPS) is 25.2. The number of imidazole rings is 1. The number of nitrogens with one attached hydrogen (secondary N) is 2. The zero-order chi connectivity index (χ0) is 22.5. The molecular weight excluding hydrogens is 457 g/mol. The molecule has 1 aromatic carbocycles. The summed E-state index contributed by atoms with van der Waals surface area (Å²) in [4.78, 5) is 41.3. The van der Waals surface area contributed by atoms with Gasteiger partial charge in [0.1, 0.15) is 11.4 Å². The Morgan fingerprint density at radius 2 is 1.97 bits per heavy atom. The molecule has 4 heterocycles. The monoisotopic (exact) mass is 475 g/mol. The Morgan fingerprint density at radius 3 is 2.62 bits per heavy atom. The van der Waals surface area contributed by atoms with E-state index in [4.69, 9.17) is 0 Å². The number of carbonyl (C=O) groups is 3. The molecule has 0 unspecified atom stereocenters. The minimum Gasteiger partial charge on any atom is -0.323 e. The maximum atomic E-state index is 13.2.